The maximum absolute atomic E-state index is 10.9. The van der Waals surface area contributed by atoms with Gasteiger partial charge in [-0.1, -0.05) is 39.2 Å². The Kier molecular flexibility index (Phi) is 8.24. The summed E-state index contributed by atoms with van der Waals surface area (Å²) in [6, 6.07) is 0. The van der Waals surface area contributed by atoms with Crippen molar-refractivity contribution in [2.75, 3.05) is 0 Å². The van der Waals surface area contributed by atoms with Gasteiger partial charge in [-0.25, -0.2) is 4.79 Å². The zero-order chi connectivity index (χ0) is 10.8. The molecule has 0 spiro atoms. The van der Waals surface area contributed by atoms with Gasteiger partial charge in [0.1, 0.15) is 0 Å². The monoisotopic (exact) mass is 200 g/mol. The SMILES string of the molecule is CCCCCC/C=C(/CC)C(=O)OO. The first kappa shape index (κ1) is 13.2. The fraction of sp³-hybridized carbons (Fsp3) is 0.727. The quantitative estimate of drug-likeness (QED) is 0.297. The molecule has 0 atom stereocenters. The standard InChI is InChI=1S/C11H20O3/c1-3-5-6-7-8-9-10(4-2)11(12)14-13/h9,13H,3-8H2,1-2H3/b10-9-. The minimum Gasteiger partial charge on any atom is -0.296 e. The Hall–Kier alpha value is -0.830. The number of unbranched alkanes of at least 4 members (excludes halogenated alkanes) is 4. The summed E-state index contributed by atoms with van der Waals surface area (Å²) in [6.07, 6.45) is 8.08. The number of hydrogen-bond acceptors (Lipinski definition) is 3. The van der Waals surface area contributed by atoms with Crippen LogP contribution in [0.15, 0.2) is 11.6 Å². The molecule has 0 aromatic carbocycles. The fourth-order valence-electron chi connectivity index (χ4n) is 1.28. The molecule has 0 heterocycles. The molecule has 0 saturated heterocycles. The summed E-state index contributed by atoms with van der Waals surface area (Å²) >= 11 is 0. The average Bonchev–Trinajstić information content (AvgIpc) is 2.22. The van der Waals surface area contributed by atoms with Crippen LogP contribution in [-0.4, -0.2) is 11.2 Å². The normalized spacial score (nSPS) is 11.5. The lowest BCUT2D eigenvalue weighted by atomic mass is 10.1. The van der Waals surface area contributed by atoms with E-state index in [1.165, 1.54) is 19.3 Å². The van der Waals surface area contributed by atoms with Crippen molar-refractivity contribution in [1.29, 1.82) is 0 Å². The van der Waals surface area contributed by atoms with E-state index in [1.807, 2.05) is 13.0 Å². The highest BCUT2D eigenvalue weighted by Crippen LogP contribution is 2.08. The Morgan fingerprint density at radius 1 is 1.29 bits per heavy atom. The molecule has 0 aliphatic heterocycles. The first-order chi connectivity index (χ1) is 6.76. The molecule has 0 unspecified atom stereocenters. The van der Waals surface area contributed by atoms with Gasteiger partial charge in [-0.3, -0.25) is 4.89 Å². The summed E-state index contributed by atoms with van der Waals surface area (Å²) in [5, 5.41) is 8.19. The van der Waals surface area contributed by atoms with E-state index in [0.29, 0.717) is 12.0 Å². The van der Waals surface area contributed by atoms with Crippen LogP contribution in [0.4, 0.5) is 0 Å². The zero-order valence-corrected chi connectivity index (χ0v) is 9.08. The smallest absolute Gasteiger partial charge is 0.296 e. The van der Waals surface area contributed by atoms with Gasteiger partial charge in [-0.05, 0) is 19.3 Å². The van der Waals surface area contributed by atoms with Crippen molar-refractivity contribution >= 4 is 5.97 Å². The van der Waals surface area contributed by atoms with E-state index >= 15 is 0 Å². The molecule has 14 heavy (non-hydrogen) atoms. The van der Waals surface area contributed by atoms with Crippen LogP contribution in [0.5, 0.6) is 0 Å². The average molecular weight is 200 g/mol. The van der Waals surface area contributed by atoms with Crippen LogP contribution in [0.25, 0.3) is 0 Å². The molecule has 0 aliphatic carbocycles. The molecule has 0 radical (unpaired) electrons. The molecule has 0 aromatic heterocycles. The van der Waals surface area contributed by atoms with Crippen LogP contribution >= 0.6 is 0 Å². The third kappa shape index (κ3) is 5.75. The lowest BCUT2D eigenvalue weighted by molar-refractivity contribution is -0.229. The Labute approximate surface area is 85.7 Å². The van der Waals surface area contributed by atoms with Crippen molar-refractivity contribution in [1.82, 2.24) is 0 Å². The third-order valence-corrected chi connectivity index (χ3v) is 2.17. The van der Waals surface area contributed by atoms with Crippen molar-refractivity contribution in [2.24, 2.45) is 0 Å². The summed E-state index contributed by atoms with van der Waals surface area (Å²) in [4.78, 5) is 14.6. The molecular weight excluding hydrogens is 180 g/mol. The summed E-state index contributed by atoms with van der Waals surface area (Å²) in [6.45, 7) is 4.03. The molecule has 0 amide bonds. The summed E-state index contributed by atoms with van der Waals surface area (Å²) in [7, 11) is 0. The Morgan fingerprint density at radius 2 is 2.00 bits per heavy atom. The van der Waals surface area contributed by atoms with E-state index in [1.54, 1.807) is 0 Å². The highest BCUT2D eigenvalue weighted by atomic mass is 17.1. The zero-order valence-electron chi connectivity index (χ0n) is 9.08. The number of carbonyl (C=O) groups is 1. The van der Waals surface area contributed by atoms with Gasteiger partial charge in [0.25, 0.3) is 0 Å². The van der Waals surface area contributed by atoms with Gasteiger partial charge in [-0.2, -0.15) is 5.26 Å². The van der Waals surface area contributed by atoms with E-state index in [0.717, 1.165) is 12.8 Å². The van der Waals surface area contributed by atoms with E-state index in [-0.39, 0.29) is 0 Å². The van der Waals surface area contributed by atoms with Crippen molar-refractivity contribution in [3.63, 3.8) is 0 Å². The molecule has 1 N–H and O–H groups in total. The highest BCUT2D eigenvalue weighted by Gasteiger charge is 2.07. The van der Waals surface area contributed by atoms with Crippen LogP contribution in [0, 0.1) is 0 Å². The number of carbonyl (C=O) groups excluding carboxylic acids is 1. The van der Waals surface area contributed by atoms with Crippen LogP contribution in [0.2, 0.25) is 0 Å². The molecule has 0 saturated carbocycles. The predicted molar refractivity (Wildman–Crippen MR) is 55.9 cm³/mol. The first-order valence-electron chi connectivity index (χ1n) is 5.31. The topological polar surface area (TPSA) is 46.5 Å². The second kappa shape index (κ2) is 8.75. The summed E-state index contributed by atoms with van der Waals surface area (Å²) < 4.78 is 0. The Balaban J connectivity index is 3.76. The van der Waals surface area contributed by atoms with E-state index in [9.17, 15) is 4.79 Å². The predicted octanol–water partition coefficient (Wildman–Crippen LogP) is 3.31. The van der Waals surface area contributed by atoms with E-state index in [4.69, 9.17) is 5.26 Å². The number of rotatable bonds is 7. The van der Waals surface area contributed by atoms with Crippen molar-refractivity contribution < 1.29 is 14.9 Å². The van der Waals surface area contributed by atoms with Crippen LogP contribution in [0.3, 0.4) is 0 Å². The molecule has 3 heteroatoms. The number of allylic oxidation sites excluding steroid dienone is 1. The van der Waals surface area contributed by atoms with Gasteiger partial charge < -0.3 is 0 Å². The van der Waals surface area contributed by atoms with Gasteiger partial charge in [0, 0.05) is 5.57 Å². The molecule has 82 valence electrons. The van der Waals surface area contributed by atoms with Gasteiger partial charge in [0.15, 0.2) is 0 Å². The second-order valence-corrected chi connectivity index (χ2v) is 3.31. The maximum atomic E-state index is 10.9. The van der Waals surface area contributed by atoms with E-state index in [2.05, 4.69) is 11.8 Å². The Bertz CT molecular complexity index is 185. The minimum atomic E-state index is -0.622. The van der Waals surface area contributed by atoms with Gasteiger partial charge in [-0.15, -0.1) is 0 Å². The largest absolute Gasteiger partial charge is 0.368 e. The maximum Gasteiger partial charge on any atom is 0.368 e. The minimum absolute atomic E-state index is 0.559. The molecule has 0 rings (SSSR count). The molecular formula is C11H20O3. The van der Waals surface area contributed by atoms with Crippen molar-refractivity contribution in [3.8, 4) is 0 Å². The fourth-order valence-corrected chi connectivity index (χ4v) is 1.28. The molecule has 0 aromatic rings. The molecule has 0 aliphatic rings. The molecule has 0 bridgehead atoms. The van der Waals surface area contributed by atoms with Gasteiger partial charge >= 0.3 is 5.97 Å². The lowest BCUT2D eigenvalue weighted by Gasteiger charge is -2.00. The van der Waals surface area contributed by atoms with Gasteiger partial charge in [0.05, 0.1) is 0 Å². The van der Waals surface area contributed by atoms with Crippen LogP contribution < -0.4 is 0 Å². The molecule has 0 fully saturated rings. The van der Waals surface area contributed by atoms with E-state index < -0.39 is 5.97 Å². The second-order valence-electron chi connectivity index (χ2n) is 3.31. The van der Waals surface area contributed by atoms with Crippen LogP contribution in [0.1, 0.15) is 52.4 Å². The lowest BCUT2D eigenvalue weighted by Crippen LogP contribution is -2.04. The summed E-state index contributed by atoms with van der Waals surface area (Å²) in [5.41, 5.74) is 0.559. The highest BCUT2D eigenvalue weighted by molar-refractivity contribution is 5.87. The van der Waals surface area contributed by atoms with Crippen molar-refractivity contribution in [2.45, 2.75) is 52.4 Å². The van der Waals surface area contributed by atoms with Gasteiger partial charge in [0.2, 0.25) is 0 Å². The third-order valence-electron chi connectivity index (χ3n) is 2.17. The summed E-state index contributed by atoms with van der Waals surface area (Å²) in [5.74, 6) is -0.622. The number of hydrogen-bond donors (Lipinski definition) is 1. The van der Waals surface area contributed by atoms with Crippen molar-refractivity contribution in [3.05, 3.63) is 11.6 Å². The van der Waals surface area contributed by atoms with Crippen LogP contribution in [-0.2, 0) is 9.68 Å². The Morgan fingerprint density at radius 3 is 2.50 bits per heavy atom. The first-order valence-corrected chi connectivity index (χ1v) is 5.31. The molecule has 3 nitrogen and oxygen atoms in total.